The number of methoxy groups -OCH3 is 1. The number of aryl methyl sites for hydroxylation is 2. The Morgan fingerprint density at radius 1 is 1.19 bits per heavy atom. The number of sulfonamides is 1. The summed E-state index contributed by atoms with van der Waals surface area (Å²) in [5.74, 6) is 0.928. The van der Waals surface area contributed by atoms with Crippen molar-refractivity contribution >= 4 is 15.9 Å². The first-order valence-electron chi connectivity index (χ1n) is 8.77. The highest BCUT2D eigenvalue weighted by Gasteiger charge is 2.32. The molecule has 1 aliphatic rings. The van der Waals surface area contributed by atoms with E-state index in [1.54, 1.807) is 24.0 Å². The van der Waals surface area contributed by atoms with Crippen LogP contribution in [-0.2, 0) is 16.4 Å². The minimum atomic E-state index is -3.60. The van der Waals surface area contributed by atoms with Gasteiger partial charge in [0.1, 0.15) is 17.1 Å². The molecule has 2 heterocycles. The lowest BCUT2D eigenvalue weighted by Gasteiger charge is -2.34. The summed E-state index contributed by atoms with van der Waals surface area (Å²) < 4.78 is 37.2. The van der Waals surface area contributed by atoms with Crippen molar-refractivity contribution in [1.29, 1.82) is 0 Å². The predicted molar refractivity (Wildman–Crippen MR) is 98.3 cm³/mol. The van der Waals surface area contributed by atoms with Crippen LogP contribution in [0.4, 0.5) is 0 Å². The third kappa shape index (κ3) is 3.70. The molecule has 0 aliphatic carbocycles. The van der Waals surface area contributed by atoms with Crippen LogP contribution < -0.4 is 4.74 Å². The topological polar surface area (TPSA) is 93.0 Å². The number of piperazine rings is 1. The van der Waals surface area contributed by atoms with Crippen LogP contribution in [0.2, 0.25) is 0 Å². The number of carbonyl (C=O) groups is 1. The van der Waals surface area contributed by atoms with Crippen molar-refractivity contribution in [3.8, 4) is 5.75 Å². The van der Waals surface area contributed by atoms with E-state index in [2.05, 4.69) is 5.16 Å². The second kappa shape index (κ2) is 7.69. The van der Waals surface area contributed by atoms with Crippen molar-refractivity contribution in [2.24, 2.45) is 0 Å². The van der Waals surface area contributed by atoms with Crippen molar-refractivity contribution < 1.29 is 22.5 Å². The van der Waals surface area contributed by atoms with Gasteiger partial charge in [-0.1, -0.05) is 12.1 Å². The SMILES string of the molecule is CCc1noc(C)c1C(=O)N1CCN(S(=O)(=O)c2ccc(OC)cc2)CC1. The summed E-state index contributed by atoms with van der Waals surface area (Å²) in [6.45, 7) is 4.75. The molecule has 8 nitrogen and oxygen atoms in total. The number of benzene rings is 1. The summed E-state index contributed by atoms with van der Waals surface area (Å²) in [6.07, 6.45) is 0.601. The van der Waals surface area contributed by atoms with E-state index in [4.69, 9.17) is 9.26 Å². The maximum atomic E-state index is 12.8. The van der Waals surface area contributed by atoms with Gasteiger partial charge in [-0.3, -0.25) is 4.79 Å². The van der Waals surface area contributed by atoms with Gasteiger partial charge in [0.2, 0.25) is 10.0 Å². The van der Waals surface area contributed by atoms with Crippen molar-refractivity contribution in [2.75, 3.05) is 33.3 Å². The first kappa shape index (κ1) is 19.4. The molecule has 1 fully saturated rings. The van der Waals surface area contributed by atoms with Crippen molar-refractivity contribution in [3.63, 3.8) is 0 Å². The molecule has 1 aliphatic heterocycles. The first-order chi connectivity index (χ1) is 12.9. The van der Waals surface area contributed by atoms with Gasteiger partial charge >= 0.3 is 0 Å². The van der Waals surface area contributed by atoms with Gasteiger partial charge < -0.3 is 14.2 Å². The van der Waals surface area contributed by atoms with E-state index in [1.165, 1.54) is 23.5 Å². The van der Waals surface area contributed by atoms with Crippen LogP contribution in [0.15, 0.2) is 33.7 Å². The fourth-order valence-electron chi connectivity index (χ4n) is 3.12. The maximum absolute atomic E-state index is 12.8. The lowest BCUT2D eigenvalue weighted by atomic mass is 10.1. The minimum Gasteiger partial charge on any atom is -0.497 e. The summed E-state index contributed by atoms with van der Waals surface area (Å²) in [5.41, 5.74) is 1.12. The molecule has 0 radical (unpaired) electrons. The van der Waals surface area contributed by atoms with Gasteiger partial charge in [-0.25, -0.2) is 8.42 Å². The zero-order valence-corrected chi connectivity index (χ0v) is 16.5. The largest absolute Gasteiger partial charge is 0.497 e. The van der Waals surface area contributed by atoms with Gasteiger partial charge in [-0.2, -0.15) is 4.31 Å². The summed E-state index contributed by atoms with van der Waals surface area (Å²) in [6, 6.07) is 6.29. The fraction of sp³-hybridized carbons (Fsp3) is 0.444. The molecular formula is C18H23N3O5S. The molecule has 2 aromatic rings. The Hall–Kier alpha value is -2.39. The molecule has 0 saturated carbocycles. The van der Waals surface area contributed by atoms with Gasteiger partial charge in [-0.05, 0) is 37.6 Å². The average Bonchev–Trinajstić information content (AvgIpc) is 3.08. The van der Waals surface area contributed by atoms with E-state index in [1.807, 2.05) is 6.92 Å². The minimum absolute atomic E-state index is 0.160. The van der Waals surface area contributed by atoms with Crippen LogP contribution in [0.1, 0.15) is 28.7 Å². The number of amides is 1. The van der Waals surface area contributed by atoms with Gasteiger partial charge in [0.25, 0.3) is 5.91 Å². The Kier molecular flexibility index (Phi) is 5.52. The van der Waals surface area contributed by atoms with Crippen molar-refractivity contribution in [3.05, 3.63) is 41.3 Å². The number of hydrogen-bond donors (Lipinski definition) is 0. The molecule has 1 amide bonds. The number of aromatic nitrogens is 1. The maximum Gasteiger partial charge on any atom is 0.259 e. The summed E-state index contributed by atoms with van der Waals surface area (Å²) in [5, 5.41) is 3.92. The molecule has 146 valence electrons. The van der Waals surface area contributed by atoms with E-state index in [9.17, 15) is 13.2 Å². The highest BCUT2D eigenvalue weighted by atomic mass is 32.2. The molecule has 0 unspecified atom stereocenters. The standard InChI is InChI=1S/C18H23N3O5S/c1-4-16-17(13(2)26-19-16)18(22)20-9-11-21(12-10-20)27(23,24)15-7-5-14(25-3)6-8-15/h5-8H,4,9-12H2,1-3H3. The number of rotatable bonds is 5. The Morgan fingerprint density at radius 3 is 2.37 bits per heavy atom. The summed E-state index contributed by atoms with van der Waals surface area (Å²) in [4.78, 5) is 14.7. The molecule has 1 aromatic carbocycles. The number of carbonyl (C=O) groups excluding carboxylic acids is 1. The van der Waals surface area contributed by atoms with E-state index >= 15 is 0 Å². The van der Waals surface area contributed by atoms with Crippen LogP contribution in [-0.4, -0.2) is 62.0 Å². The van der Waals surface area contributed by atoms with Gasteiger partial charge in [0.15, 0.2) is 0 Å². The highest BCUT2D eigenvalue weighted by Crippen LogP contribution is 2.22. The monoisotopic (exact) mass is 393 g/mol. The number of hydrogen-bond acceptors (Lipinski definition) is 6. The molecular weight excluding hydrogens is 370 g/mol. The second-order valence-electron chi connectivity index (χ2n) is 6.29. The van der Waals surface area contributed by atoms with E-state index in [0.717, 1.165) is 0 Å². The smallest absolute Gasteiger partial charge is 0.259 e. The van der Waals surface area contributed by atoms with Crippen molar-refractivity contribution in [2.45, 2.75) is 25.2 Å². The summed E-state index contributed by atoms with van der Waals surface area (Å²) in [7, 11) is -2.07. The molecule has 1 aromatic heterocycles. The van der Waals surface area contributed by atoms with Crippen LogP contribution in [0, 0.1) is 6.92 Å². The van der Waals surface area contributed by atoms with Crippen LogP contribution in [0.5, 0.6) is 5.75 Å². The molecule has 0 N–H and O–H groups in total. The Balaban J connectivity index is 1.70. The van der Waals surface area contributed by atoms with E-state index in [-0.39, 0.29) is 23.9 Å². The highest BCUT2D eigenvalue weighted by molar-refractivity contribution is 7.89. The van der Waals surface area contributed by atoms with Gasteiger partial charge in [-0.15, -0.1) is 0 Å². The first-order valence-corrected chi connectivity index (χ1v) is 10.2. The Bertz CT molecular complexity index is 913. The Labute approximate surface area is 158 Å². The fourth-order valence-corrected chi connectivity index (χ4v) is 4.54. The van der Waals surface area contributed by atoms with Gasteiger partial charge in [0, 0.05) is 26.2 Å². The molecule has 3 rings (SSSR count). The predicted octanol–water partition coefficient (Wildman–Crippen LogP) is 1.70. The average molecular weight is 393 g/mol. The number of nitrogens with zero attached hydrogens (tertiary/aromatic N) is 3. The molecule has 27 heavy (non-hydrogen) atoms. The molecule has 9 heteroatoms. The lowest BCUT2D eigenvalue weighted by molar-refractivity contribution is 0.0695. The van der Waals surface area contributed by atoms with E-state index < -0.39 is 10.0 Å². The molecule has 0 bridgehead atoms. The zero-order chi connectivity index (χ0) is 19.6. The second-order valence-corrected chi connectivity index (χ2v) is 8.22. The molecule has 0 spiro atoms. The molecule has 1 saturated heterocycles. The zero-order valence-electron chi connectivity index (χ0n) is 15.6. The van der Waals surface area contributed by atoms with Crippen LogP contribution in [0.3, 0.4) is 0 Å². The molecule has 0 atom stereocenters. The van der Waals surface area contributed by atoms with E-state index in [0.29, 0.717) is 42.3 Å². The quantitative estimate of drug-likeness (QED) is 0.768. The van der Waals surface area contributed by atoms with Crippen LogP contribution in [0.25, 0.3) is 0 Å². The number of ether oxygens (including phenoxy) is 1. The van der Waals surface area contributed by atoms with Crippen molar-refractivity contribution in [1.82, 2.24) is 14.4 Å². The summed E-state index contributed by atoms with van der Waals surface area (Å²) >= 11 is 0. The third-order valence-corrected chi connectivity index (χ3v) is 6.62. The Morgan fingerprint density at radius 2 is 1.81 bits per heavy atom. The normalized spacial score (nSPS) is 15.7. The van der Waals surface area contributed by atoms with Gasteiger partial charge in [0.05, 0.1) is 17.7 Å². The third-order valence-electron chi connectivity index (χ3n) is 4.71. The van der Waals surface area contributed by atoms with Crippen LogP contribution >= 0.6 is 0 Å². The lowest BCUT2D eigenvalue weighted by Crippen LogP contribution is -2.50.